The van der Waals surface area contributed by atoms with E-state index in [9.17, 15) is 10.2 Å². The number of hydrogen-bond donors (Lipinski definition) is 2. The van der Waals surface area contributed by atoms with Gasteiger partial charge in [0, 0.05) is 29.0 Å². The average molecular weight is 308 g/mol. The van der Waals surface area contributed by atoms with Crippen LogP contribution >= 0.6 is 0 Å². The first-order valence-electron chi connectivity index (χ1n) is 7.70. The van der Waals surface area contributed by atoms with Gasteiger partial charge in [0.15, 0.2) is 0 Å². The molecule has 0 saturated heterocycles. The molecular formula is C20H20O3. The molecule has 0 aromatic heterocycles. The molecule has 3 nitrogen and oxygen atoms in total. The molecule has 0 unspecified atom stereocenters. The van der Waals surface area contributed by atoms with Gasteiger partial charge in [0.2, 0.25) is 0 Å². The maximum absolute atomic E-state index is 10.7. The van der Waals surface area contributed by atoms with Crippen molar-refractivity contribution in [2.45, 2.75) is 12.3 Å². The number of aliphatic hydroxyl groups excluding tert-OH is 1. The molecule has 0 aliphatic carbocycles. The second-order valence-electron chi connectivity index (χ2n) is 5.53. The number of ether oxygens (including phenoxy) is 1. The van der Waals surface area contributed by atoms with Gasteiger partial charge in [-0.25, -0.2) is 0 Å². The molecule has 3 heteroatoms. The minimum Gasteiger partial charge on any atom is -0.507 e. The van der Waals surface area contributed by atoms with Crippen LogP contribution in [0.2, 0.25) is 0 Å². The number of fused-ring (bicyclic) bond motifs is 1. The number of aromatic hydroxyl groups is 1. The third-order valence-corrected chi connectivity index (χ3v) is 4.24. The van der Waals surface area contributed by atoms with Gasteiger partial charge < -0.3 is 14.9 Å². The monoisotopic (exact) mass is 308 g/mol. The number of rotatable bonds is 5. The van der Waals surface area contributed by atoms with Crippen LogP contribution in [0.15, 0.2) is 60.7 Å². The lowest BCUT2D eigenvalue weighted by Gasteiger charge is -2.21. The molecule has 0 aliphatic heterocycles. The van der Waals surface area contributed by atoms with Crippen molar-refractivity contribution >= 4 is 10.8 Å². The number of benzene rings is 3. The Morgan fingerprint density at radius 2 is 1.65 bits per heavy atom. The molecule has 3 aromatic rings. The predicted octanol–water partition coefficient (Wildman–Crippen LogP) is 4.07. The van der Waals surface area contributed by atoms with Gasteiger partial charge in [0.05, 0.1) is 7.11 Å². The molecule has 23 heavy (non-hydrogen) atoms. The Bertz CT molecular complexity index is 811. The zero-order valence-corrected chi connectivity index (χ0v) is 13.1. The van der Waals surface area contributed by atoms with Crippen LogP contribution in [0.25, 0.3) is 10.8 Å². The molecule has 3 rings (SSSR count). The fraction of sp³-hybridized carbons (Fsp3) is 0.200. The first-order valence-corrected chi connectivity index (χ1v) is 7.70. The zero-order chi connectivity index (χ0) is 16.2. The smallest absolute Gasteiger partial charge is 0.127 e. The standard InChI is InChI=1S/C20H20O3/c1-23-19-9-5-4-8-17(19)16(12-13-21)18-11-10-14-6-2-3-7-15(14)20(18)22/h2-11,16,21-22H,12-13H2,1H3/t16-/m0/s1. The highest BCUT2D eigenvalue weighted by Gasteiger charge is 2.21. The first kappa shape index (κ1) is 15.4. The van der Waals surface area contributed by atoms with E-state index in [1.165, 1.54) is 0 Å². The van der Waals surface area contributed by atoms with Crippen molar-refractivity contribution < 1.29 is 14.9 Å². The van der Waals surface area contributed by atoms with Gasteiger partial charge in [-0.1, -0.05) is 54.6 Å². The Morgan fingerprint density at radius 3 is 2.43 bits per heavy atom. The summed E-state index contributed by atoms with van der Waals surface area (Å²) in [5.74, 6) is 0.909. The second kappa shape index (κ2) is 6.71. The second-order valence-corrected chi connectivity index (χ2v) is 5.53. The van der Waals surface area contributed by atoms with E-state index in [4.69, 9.17) is 4.74 Å². The Labute approximate surface area is 135 Å². The summed E-state index contributed by atoms with van der Waals surface area (Å²) in [6.07, 6.45) is 0.520. The molecule has 0 spiro atoms. The summed E-state index contributed by atoms with van der Waals surface area (Å²) in [5.41, 5.74) is 1.77. The van der Waals surface area contributed by atoms with Crippen LogP contribution in [0.5, 0.6) is 11.5 Å². The molecule has 0 bridgehead atoms. The van der Waals surface area contributed by atoms with E-state index in [0.29, 0.717) is 6.42 Å². The molecule has 0 saturated carbocycles. The highest BCUT2D eigenvalue weighted by Crippen LogP contribution is 2.40. The molecule has 2 N–H and O–H groups in total. The van der Waals surface area contributed by atoms with E-state index in [0.717, 1.165) is 27.6 Å². The number of phenolic OH excluding ortho intramolecular Hbond substituents is 1. The van der Waals surface area contributed by atoms with Crippen LogP contribution in [0.4, 0.5) is 0 Å². The fourth-order valence-electron chi connectivity index (χ4n) is 3.12. The van der Waals surface area contributed by atoms with E-state index in [-0.39, 0.29) is 18.3 Å². The number of aliphatic hydroxyl groups is 1. The molecule has 0 aliphatic rings. The summed E-state index contributed by atoms with van der Waals surface area (Å²) in [4.78, 5) is 0. The Balaban J connectivity index is 2.17. The van der Waals surface area contributed by atoms with E-state index < -0.39 is 0 Å². The molecule has 118 valence electrons. The van der Waals surface area contributed by atoms with Gasteiger partial charge in [-0.3, -0.25) is 0 Å². The quantitative estimate of drug-likeness (QED) is 0.747. The van der Waals surface area contributed by atoms with Crippen molar-refractivity contribution in [1.82, 2.24) is 0 Å². The summed E-state index contributed by atoms with van der Waals surface area (Å²) in [5, 5.41) is 22.1. The van der Waals surface area contributed by atoms with Crippen LogP contribution in [0, 0.1) is 0 Å². The largest absolute Gasteiger partial charge is 0.507 e. The fourth-order valence-corrected chi connectivity index (χ4v) is 3.12. The Kier molecular flexibility index (Phi) is 4.49. The van der Waals surface area contributed by atoms with Crippen LogP contribution in [0.3, 0.4) is 0 Å². The van der Waals surface area contributed by atoms with Crippen molar-refractivity contribution in [2.24, 2.45) is 0 Å². The van der Waals surface area contributed by atoms with Crippen LogP contribution in [0.1, 0.15) is 23.5 Å². The Morgan fingerprint density at radius 1 is 0.913 bits per heavy atom. The summed E-state index contributed by atoms with van der Waals surface area (Å²) in [6.45, 7) is 0.0367. The molecule has 0 fully saturated rings. The van der Waals surface area contributed by atoms with Gasteiger partial charge in [0.25, 0.3) is 0 Å². The zero-order valence-electron chi connectivity index (χ0n) is 13.1. The lowest BCUT2D eigenvalue weighted by molar-refractivity contribution is 0.279. The number of para-hydroxylation sites is 1. The number of phenols is 1. The molecule has 0 amide bonds. The summed E-state index contributed by atoms with van der Waals surface area (Å²) in [7, 11) is 1.63. The maximum Gasteiger partial charge on any atom is 0.127 e. The van der Waals surface area contributed by atoms with Crippen molar-refractivity contribution in [2.75, 3.05) is 13.7 Å². The average Bonchev–Trinajstić information content (AvgIpc) is 2.61. The lowest BCUT2D eigenvalue weighted by Crippen LogP contribution is -2.06. The van der Waals surface area contributed by atoms with Gasteiger partial charge in [-0.15, -0.1) is 0 Å². The van der Waals surface area contributed by atoms with Gasteiger partial charge >= 0.3 is 0 Å². The van der Waals surface area contributed by atoms with Gasteiger partial charge in [-0.05, 0) is 17.9 Å². The lowest BCUT2D eigenvalue weighted by atomic mass is 9.86. The van der Waals surface area contributed by atoms with E-state index in [1.54, 1.807) is 7.11 Å². The van der Waals surface area contributed by atoms with Crippen molar-refractivity contribution in [3.8, 4) is 11.5 Å². The maximum atomic E-state index is 10.7. The number of hydrogen-bond acceptors (Lipinski definition) is 3. The third kappa shape index (κ3) is 2.88. The van der Waals surface area contributed by atoms with E-state index >= 15 is 0 Å². The molecule has 3 aromatic carbocycles. The van der Waals surface area contributed by atoms with Crippen LogP contribution in [-0.4, -0.2) is 23.9 Å². The molecule has 0 heterocycles. The topological polar surface area (TPSA) is 49.7 Å². The van der Waals surface area contributed by atoms with Gasteiger partial charge in [-0.2, -0.15) is 0 Å². The van der Waals surface area contributed by atoms with E-state index in [1.807, 2.05) is 60.7 Å². The van der Waals surface area contributed by atoms with Crippen LogP contribution in [-0.2, 0) is 0 Å². The molecular weight excluding hydrogens is 288 g/mol. The minimum atomic E-state index is -0.124. The third-order valence-electron chi connectivity index (χ3n) is 4.24. The summed E-state index contributed by atoms with van der Waals surface area (Å²) < 4.78 is 5.46. The predicted molar refractivity (Wildman–Crippen MR) is 92.2 cm³/mol. The van der Waals surface area contributed by atoms with Gasteiger partial charge in [0.1, 0.15) is 11.5 Å². The molecule has 1 atom stereocenters. The minimum absolute atomic E-state index is 0.0367. The summed E-state index contributed by atoms with van der Waals surface area (Å²) >= 11 is 0. The number of methoxy groups -OCH3 is 1. The first-order chi connectivity index (χ1) is 11.3. The van der Waals surface area contributed by atoms with Crippen LogP contribution < -0.4 is 4.74 Å². The molecule has 0 radical (unpaired) electrons. The highest BCUT2D eigenvalue weighted by atomic mass is 16.5. The SMILES string of the molecule is COc1ccccc1[C@H](CCO)c1ccc2ccccc2c1O. The van der Waals surface area contributed by atoms with Crippen molar-refractivity contribution in [3.63, 3.8) is 0 Å². The highest BCUT2D eigenvalue weighted by molar-refractivity contribution is 5.89. The van der Waals surface area contributed by atoms with Crippen molar-refractivity contribution in [1.29, 1.82) is 0 Å². The van der Waals surface area contributed by atoms with Crippen molar-refractivity contribution in [3.05, 3.63) is 71.8 Å². The Hall–Kier alpha value is -2.52. The van der Waals surface area contributed by atoms with E-state index in [2.05, 4.69) is 0 Å². The normalized spacial score (nSPS) is 12.3. The summed E-state index contributed by atoms with van der Waals surface area (Å²) in [6, 6.07) is 19.4.